The zero-order valence-electron chi connectivity index (χ0n) is 8.10. The van der Waals surface area contributed by atoms with E-state index in [1.807, 2.05) is 20.8 Å². The Kier molecular flexibility index (Phi) is 4.28. The molecule has 2 heteroatoms. The Bertz CT molecular complexity index is 210. The highest BCUT2D eigenvalue weighted by Crippen LogP contribution is 2.09. The van der Waals surface area contributed by atoms with Crippen LogP contribution in [-0.2, 0) is 4.74 Å². The Morgan fingerprint density at radius 3 is 2.50 bits per heavy atom. The summed E-state index contributed by atoms with van der Waals surface area (Å²) in [5.74, 6) is 5.20. The highest BCUT2D eigenvalue weighted by molar-refractivity contribution is 5.18. The van der Waals surface area contributed by atoms with Crippen molar-refractivity contribution in [2.45, 2.75) is 27.7 Å². The molecule has 0 bridgehead atoms. The van der Waals surface area contributed by atoms with E-state index in [0.717, 1.165) is 0 Å². The van der Waals surface area contributed by atoms with Crippen molar-refractivity contribution in [3.8, 4) is 11.8 Å². The van der Waals surface area contributed by atoms with Gasteiger partial charge in [-0.1, -0.05) is 18.8 Å². The number of ether oxygens (including phenoxy) is 1. The fraction of sp³-hybridized carbons (Fsp3) is 0.600. The smallest absolute Gasteiger partial charge is 0.0598 e. The second-order valence-corrected chi connectivity index (χ2v) is 3.42. The van der Waals surface area contributed by atoms with Gasteiger partial charge in [0.15, 0.2) is 0 Å². The molecule has 2 nitrogen and oxygen atoms in total. The number of rotatable bonds is 2. The Morgan fingerprint density at radius 2 is 2.08 bits per heavy atom. The Labute approximate surface area is 74.2 Å². The maximum atomic E-state index is 10.7. The highest BCUT2D eigenvalue weighted by atomic mass is 16.6. The van der Waals surface area contributed by atoms with Gasteiger partial charge in [-0.3, -0.25) is 0 Å². The monoisotopic (exact) mass is 167 g/mol. The van der Waals surface area contributed by atoms with Gasteiger partial charge in [-0.15, -0.1) is 0 Å². The molecule has 12 heavy (non-hydrogen) atoms. The SMILES string of the molecule is CCO/C([O-])=C/C#CC(C)(C)C. The standard InChI is InChI=1S/C10H16O2/c1-5-12-9(11)7-6-8-10(2,3)4/h7,11H,5H2,1-4H3/p-1/b9-7+. The number of allylic oxidation sites excluding steroid dienone is 1. The Balaban J connectivity index is 4.08. The van der Waals surface area contributed by atoms with Crippen molar-refractivity contribution < 1.29 is 9.84 Å². The molecule has 0 fully saturated rings. The highest BCUT2D eigenvalue weighted by Gasteiger charge is 2.02. The number of hydrogen-bond donors (Lipinski definition) is 0. The van der Waals surface area contributed by atoms with Crippen LogP contribution in [-0.4, -0.2) is 6.61 Å². The quantitative estimate of drug-likeness (QED) is 0.458. The second-order valence-electron chi connectivity index (χ2n) is 3.42. The Morgan fingerprint density at radius 1 is 1.50 bits per heavy atom. The van der Waals surface area contributed by atoms with Gasteiger partial charge in [0.1, 0.15) is 0 Å². The third kappa shape index (κ3) is 7.01. The fourth-order valence-electron chi connectivity index (χ4n) is 0.495. The van der Waals surface area contributed by atoms with Gasteiger partial charge in [0.25, 0.3) is 0 Å². The van der Waals surface area contributed by atoms with E-state index in [9.17, 15) is 5.11 Å². The van der Waals surface area contributed by atoms with Gasteiger partial charge in [0.2, 0.25) is 0 Å². The summed E-state index contributed by atoms with van der Waals surface area (Å²) < 4.78 is 4.66. The van der Waals surface area contributed by atoms with Crippen molar-refractivity contribution in [3.63, 3.8) is 0 Å². The number of hydrogen-bond acceptors (Lipinski definition) is 2. The lowest BCUT2D eigenvalue weighted by molar-refractivity contribution is -0.356. The first-order valence-electron chi connectivity index (χ1n) is 3.98. The minimum absolute atomic E-state index is 0.0665. The molecule has 0 atom stereocenters. The molecule has 0 aliphatic carbocycles. The van der Waals surface area contributed by atoms with Gasteiger partial charge in [-0.05, 0) is 27.4 Å². The van der Waals surface area contributed by atoms with Gasteiger partial charge < -0.3 is 9.84 Å². The fourth-order valence-corrected chi connectivity index (χ4v) is 0.495. The van der Waals surface area contributed by atoms with Crippen LogP contribution in [0.5, 0.6) is 0 Å². The van der Waals surface area contributed by atoms with Crippen LogP contribution in [0.15, 0.2) is 12.0 Å². The molecule has 0 saturated carbocycles. The third-order valence-electron chi connectivity index (χ3n) is 0.924. The summed E-state index contributed by atoms with van der Waals surface area (Å²) in [5, 5.41) is 10.7. The maximum absolute atomic E-state index is 10.7. The summed E-state index contributed by atoms with van der Waals surface area (Å²) >= 11 is 0. The first-order valence-corrected chi connectivity index (χ1v) is 3.98. The lowest BCUT2D eigenvalue weighted by Crippen LogP contribution is -2.07. The molecule has 0 rings (SSSR count). The molecule has 0 aromatic carbocycles. The second kappa shape index (κ2) is 4.71. The van der Waals surface area contributed by atoms with Gasteiger partial charge in [-0.25, -0.2) is 0 Å². The summed E-state index contributed by atoms with van der Waals surface area (Å²) in [5.41, 5.74) is -0.0665. The van der Waals surface area contributed by atoms with Crippen LogP contribution in [0.3, 0.4) is 0 Å². The maximum Gasteiger partial charge on any atom is 0.0598 e. The predicted molar refractivity (Wildman–Crippen MR) is 46.9 cm³/mol. The van der Waals surface area contributed by atoms with Gasteiger partial charge in [0, 0.05) is 11.5 Å². The van der Waals surface area contributed by atoms with Crippen LogP contribution in [0, 0.1) is 17.3 Å². The zero-order valence-corrected chi connectivity index (χ0v) is 8.10. The molecule has 68 valence electrons. The summed E-state index contributed by atoms with van der Waals surface area (Å²) in [7, 11) is 0. The first kappa shape index (κ1) is 10.9. The molecule has 0 N–H and O–H groups in total. The topological polar surface area (TPSA) is 32.3 Å². The van der Waals surface area contributed by atoms with E-state index in [-0.39, 0.29) is 11.4 Å². The van der Waals surface area contributed by atoms with Crippen LogP contribution >= 0.6 is 0 Å². The van der Waals surface area contributed by atoms with Gasteiger partial charge in [0.05, 0.1) is 5.95 Å². The van der Waals surface area contributed by atoms with E-state index < -0.39 is 0 Å². The first-order chi connectivity index (χ1) is 5.45. The molecule has 0 aliphatic heterocycles. The molecular weight excluding hydrogens is 152 g/mol. The van der Waals surface area contributed by atoms with Crippen molar-refractivity contribution in [1.82, 2.24) is 0 Å². The summed E-state index contributed by atoms with van der Waals surface area (Å²) in [4.78, 5) is 0. The molecule has 0 unspecified atom stereocenters. The molecule has 0 aromatic heterocycles. The van der Waals surface area contributed by atoms with Crippen LogP contribution in [0.4, 0.5) is 0 Å². The van der Waals surface area contributed by atoms with Crippen molar-refractivity contribution in [1.29, 1.82) is 0 Å². The lowest BCUT2D eigenvalue weighted by atomic mass is 9.98. The average Bonchev–Trinajstić information content (AvgIpc) is 1.84. The van der Waals surface area contributed by atoms with E-state index in [1.165, 1.54) is 6.08 Å². The molecule has 0 spiro atoms. The zero-order chi connectivity index (χ0) is 9.61. The largest absolute Gasteiger partial charge is 0.613 e. The van der Waals surface area contributed by atoms with Gasteiger partial charge in [-0.2, -0.15) is 0 Å². The predicted octanol–water partition coefficient (Wildman–Crippen LogP) is 1.27. The van der Waals surface area contributed by atoms with Crippen LogP contribution in [0.1, 0.15) is 27.7 Å². The third-order valence-corrected chi connectivity index (χ3v) is 0.924. The minimum Gasteiger partial charge on any atom is -0.613 e. The average molecular weight is 167 g/mol. The van der Waals surface area contributed by atoms with E-state index in [2.05, 4.69) is 16.6 Å². The molecule has 0 saturated heterocycles. The van der Waals surface area contributed by atoms with Gasteiger partial charge >= 0.3 is 0 Å². The van der Waals surface area contributed by atoms with E-state index in [4.69, 9.17) is 0 Å². The molecule has 0 heterocycles. The van der Waals surface area contributed by atoms with Crippen LogP contribution in [0.25, 0.3) is 0 Å². The Hall–Kier alpha value is -1.10. The van der Waals surface area contributed by atoms with Crippen molar-refractivity contribution in [2.75, 3.05) is 6.61 Å². The minimum atomic E-state index is -0.366. The van der Waals surface area contributed by atoms with Crippen LogP contribution in [0.2, 0.25) is 0 Å². The lowest BCUT2D eigenvalue weighted by Gasteiger charge is -2.10. The summed E-state index contributed by atoms with van der Waals surface area (Å²) in [6.45, 7) is 8.12. The molecule has 0 aliphatic rings. The molecular formula is C10H15O2-. The van der Waals surface area contributed by atoms with E-state index in [0.29, 0.717) is 6.61 Å². The van der Waals surface area contributed by atoms with Crippen molar-refractivity contribution >= 4 is 0 Å². The van der Waals surface area contributed by atoms with Crippen molar-refractivity contribution in [2.24, 2.45) is 5.41 Å². The normalized spacial score (nSPS) is 11.8. The van der Waals surface area contributed by atoms with Crippen LogP contribution < -0.4 is 5.11 Å². The molecule has 0 amide bonds. The van der Waals surface area contributed by atoms with E-state index >= 15 is 0 Å². The molecule has 0 aromatic rings. The summed E-state index contributed by atoms with van der Waals surface area (Å²) in [6.07, 6.45) is 1.26. The summed E-state index contributed by atoms with van der Waals surface area (Å²) in [6, 6.07) is 0. The van der Waals surface area contributed by atoms with Crippen molar-refractivity contribution in [3.05, 3.63) is 12.0 Å². The molecule has 0 radical (unpaired) electrons. The van der Waals surface area contributed by atoms with E-state index in [1.54, 1.807) is 6.92 Å².